The van der Waals surface area contributed by atoms with E-state index < -0.39 is 23.6 Å². The van der Waals surface area contributed by atoms with Crippen molar-refractivity contribution in [2.24, 2.45) is 0 Å². The number of carbonyl (C=O) groups excluding carboxylic acids is 1. The number of hydrogen-bond donors (Lipinski definition) is 4. The van der Waals surface area contributed by atoms with Crippen LogP contribution in [-0.4, -0.2) is 34.8 Å². The third kappa shape index (κ3) is 4.97. The molecule has 0 bridgehead atoms. The molecule has 1 unspecified atom stereocenters. The molecule has 2 aromatic rings. The zero-order chi connectivity index (χ0) is 19.3. The molecule has 8 heteroatoms. The van der Waals surface area contributed by atoms with Gasteiger partial charge in [0.1, 0.15) is 11.6 Å². The van der Waals surface area contributed by atoms with Crippen molar-refractivity contribution in [3.8, 4) is 0 Å². The Balaban J connectivity index is 2.29. The van der Waals surface area contributed by atoms with Gasteiger partial charge in [-0.1, -0.05) is 51.8 Å². The summed E-state index contributed by atoms with van der Waals surface area (Å²) in [6, 6.07) is 12.7. The maximum absolute atomic E-state index is 12.1. The molecule has 2 amide bonds. The number of nitrogens with one attached hydrogen (secondary N) is 2. The molecule has 138 valence electrons. The second-order valence-corrected chi connectivity index (χ2v) is 7.12. The predicted molar refractivity (Wildman–Crippen MR) is 102 cm³/mol. The Kier molecular flexibility index (Phi) is 6.63. The summed E-state index contributed by atoms with van der Waals surface area (Å²) in [7, 11) is 0. The zero-order valence-corrected chi connectivity index (χ0v) is 16.2. The Hall–Kier alpha value is -2.09. The molecule has 0 radical (unpaired) electrons. The van der Waals surface area contributed by atoms with Crippen LogP contribution >= 0.6 is 27.5 Å². The summed E-state index contributed by atoms with van der Waals surface area (Å²) in [5.41, 5.74) is -0.394. The number of hydrogen-bond acceptors (Lipinski definition) is 3. The first-order valence-electron chi connectivity index (χ1n) is 7.74. The van der Waals surface area contributed by atoms with Crippen LogP contribution in [0.15, 0.2) is 53.0 Å². The lowest BCUT2D eigenvalue weighted by Crippen LogP contribution is -2.49. The second-order valence-electron chi connectivity index (χ2n) is 5.76. The molecule has 2 aromatic carbocycles. The largest absolute Gasteiger partial charge is 0.465 e. The molecule has 0 aliphatic heterocycles. The number of carboxylic acid groups (broad SMARTS) is 1. The number of rotatable bonds is 6. The van der Waals surface area contributed by atoms with E-state index in [-0.39, 0.29) is 6.54 Å². The van der Waals surface area contributed by atoms with Crippen LogP contribution < -0.4 is 10.6 Å². The lowest BCUT2D eigenvalue weighted by Gasteiger charge is -2.30. The highest BCUT2D eigenvalue weighted by Gasteiger charge is 2.32. The average Bonchev–Trinajstić information content (AvgIpc) is 2.60. The van der Waals surface area contributed by atoms with E-state index in [9.17, 15) is 14.7 Å². The third-order valence-corrected chi connectivity index (χ3v) is 4.68. The van der Waals surface area contributed by atoms with E-state index in [2.05, 4.69) is 26.6 Å². The fourth-order valence-corrected chi connectivity index (χ4v) is 2.83. The van der Waals surface area contributed by atoms with Gasteiger partial charge in [-0.25, -0.2) is 4.79 Å². The van der Waals surface area contributed by atoms with Gasteiger partial charge in [-0.2, -0.15) is 0 Å². The lowest BCUT2D eigenvalue weighted by molar-refractivity contribution is -0.123. The van der Waals surface area contributed by atoms with Gasteiger partial charge in [0.15, 0.2) is 0 Å². The summed E-state index contributed by atoms with van der Waals surface area (Å²) in [5.74, 6) is -0.545. The van der Waals surface area contributed by atoms with Crippen LogP contribution in [0.5, 0.6) is 0 Å². The summed E-state index contributed by atoms with van der Waals surface area (Å²) in [6.45, 7) is 1.28. The summed E-state index contributed by atoms with van der Waals surface area (Å²) in [6.07, 6.45) is -1.30. The van der Waals surface area contributed by atoms with Crippen LogP contribution in [0.4, 0.5) is 4.79 Å². The normalized spacial score (nSPS) is 14.2. The first-order valence-corrected chi connectivity index (χ1v) is 8.91. The molecule has 2 rings (SSSR count). The van der Waals surface area contributed by atoms with Gasteiger partial charge >= 0.3 is 6.09 Å². The first-order chi connectivity index (χ1) is 12.2. The van der Waals surface area contributed by atoms with Gasteiger partial charge in [-0.15, -0.1) is 0 Å². The molecule has 0 saturated carbocycles. The van der Waals surface area contributed by atoms with Crippen molar-refractivity contribution >= 4 is 39.5 Å². The Morgan fingerprint density at radius 1 is 1.12 bits per heavy atom. The quantitative estimate of drug-likeness (QED) is 0.553. The van der Waals surface area contributed by atoms with Crippen LogP contribution in [0.25, 0.3) is 0 Å². The topological polar surface area (TPSA) is 98.7 Å². The number of amides is 2. The highest BCUT2D eigenvalue weighted by molar-refractivity contribution is 9.10. The Labute approximate surface area is 164 Å². The average molecular weight is 442 g/mol. The summed E-state index contributed by atoms with van der Waals surface area (Å²) < 4.78 is 0.850. The Bertz CT molecular complexity index is 735. The van der Waals surface area contributed by atoms with Gasteiger partial charge in [-0.3, -0.25) is 4.79 Å². The highest BCUT2D eigenvalue weighted by atomic mass is 79.9. The molecule has 4 N–H and O–H groups in total. The van der Waals surface area contributed by atoms with Crippen LogP contribution in [0, 0.1) is 0 Å². The van der Waals surface area contributed by atoms with Crippen LogP contribution in [0.3, 0.4) is 0 Å². The summed E-state index contributed by atoms with van der Waals surface area (Å²) in [5, 5.41) is 25.2. The van der Waals surface area contributed by atoms with Crippen molar-refractivity contribution in [1.82, 2.24) is 10.6 Å². The fourth-order valence-electron chi connectivity index (χ4n) is 2.44. The van der Waals surface area contributed by atoms with Crippen molar-refractivity contribution in [3.05, 3.63) is 69.2 Å². The van der Waals surface area contributed by atoms with Crippen molar-refractivity contribution in [2.45, 2.75) is 18.6 Å². The number of benzene rings is 2. The minimum atomic E-state index is -1.51. The van der Waals surface area contributed by atoms with Gasteiger partial charge in [-0.05, 0) is 42.3 Å². The molecular weight excluding hydrogens is 424 g/mol. The minimum Gasteiger partial charge on any atom is -0.465 e. The fraction of sp³-hybridized carbons (Fsp3) is 0.222. The van der Waals surface area contributed by atoms with Crippen LogP contribution in [0.1, 0.15) is 18.1 Å². The summed E-state index contributed by atoms with van der Waals surface area (Å²) >= 11 is 9.27. The molecule has 0 saturated heterocycles. The molecule has 2 atom stereocenters. The van der Waals surface area contributed by atoms with Crippen molar-refractivity contribution in [1.29, 1.82) is 0 Å². The molecule has 0 aliphatic rings. The minimum absolute atomic E-state index is 0.138. The van der Waals surface area contributed by atoms with E-state index in [0.717, 1.165) is 4.47 Å². The Morgan fingerprint density at radius 2 is 1.62 bits per heavy atom. The SMILES string of the molecule is C[C@H](NC(=O)O)C(=O)NCC(O)(c1ccc(Cl)cc1)c1ccc(Br)cc1. The molecule has 0 fully saturated rings. The second kappa shape index (κ2) is 8.53. The van der Waals surface area contributed by atoms with Gasteiger partial charge in [0.05, 0.1) is 6.54 Å². The van der Waals surface area contributed by atoms with E-state index in [4.69, 9.17) is 16.7 Å². The van der Waals surface area contributed by atoms with Crippen LogP contribution in [-0.2, 0) is 10.4 Å². The van der Waals surface area contributed by atoms with Crippen LogP contribution in [0.2, 0.25) is 5.02 Å². The molecular formula is C18H18BrClN2O4. The van der Waals surface area contributed by atoms with Gasteiger partial charge in [0, 0.05) is 9.50 Å². The molecule has 0 heterocycles. The standard InChI is InChI=1S/C18H18BrClN2O4/c1-11(22-17(24)25)16(23)21-10-18(26,12-2-6-14(19)7-3-12)13-4-8-15(20)9-5-13/h2-9,11,22,26H,10H2,1H3,(H,21,23)(H,24,25)/t11-,18?/m0/s1. The predicted octanol–water partition coefficient (Wildman–Crippen LogP) is 3.11. The maximum atomic E-state index is 12.1. The molecule has 0 aliphatic carbocycles. The van der Waals surface area contributed by atoms with Gasteiger partial charge in [0.25, 0.3) is 0 Å². The molecule has 0 spiro atoms. The zero-order valence-electron chi connectivity index (χ0n) is 13.9. The number of halogens is 2. The van der Waals surface area contributed by atoms with Gasteiger partial charge in [0.2, 0.25) is 5.91 Å². The molecule has 6 nitrogen and oxygen atoms in total. The smallest absolute Gasteiger partial charge is 0.405 e. The van der Waals surface area contributed by atoms with Crippen molar-refractivity contribution < 1.29 is 19.8 Å². The number of carbonyl (C=O) groups is 2. The highest BCUT2D eigenvalue weighted by Crippen LogP contribution is 2.31. The lowest BCUT2D eigenvalue weighted by atomic mass is 9.86. The Morgan fingerprint density at radius 3 is 2.12 bits per heavy atom. The van der Waals surface area contributed by atoms with Crippen molar-refractivity contribution in [3.63, 3.8) is 0 Å². The van der Waals surface area contributed by atoms with Gasteiger partial charge < -0.3 is 20.8 Å². The number of aliphatic hydroxyl groups is 1. The summed E-state index contributed by atoms with van der Waals surface area (Å²) in [4.78, 5) is 22.8. The maximum Gasteiger partial charge on any atom is 0.405 e. The molecule has 0 aromatic heterocycles. The van der Waals surface area contributed by atoms with E-state index in [1.54, 1.807) is 48.5 Å². The monoisotopic (exact) mass is 440 g/mol. The van der Waals surface area contributed by atoms with Crippen molar-refractivity contribution in [2.75, 3.05) is 6.54 Å². The van der Waals surface area contributed by atoms with E-state index >= 15 is 0 Å². The molecule has 26 heavy (non-hydrogen) atoms. The van der Waals surface area contributed by atoms with E-state index in [0.29, 0.717) is 16.1 Å². The van der Waals surface area contributed by atoms with E-state index in [1.807, 2.05) is 0 Å². The first kappa shape index (κ1) is 20.2. The third-order valence-electron chi connectivity index (χ3n) is 3.90. The van der Waals surface area contributed by atoms with E-state index in [1.165, 1.54) is 6.92 Å².